The highest BCUT2D eigenvalue weighted by Crippen LogP contribution is 2.20. The van der Waals surface area contributed by atoms with E-state index in [-0.39, 0.29) is 11.7 Å². The minimum Gasteiger partial charge on any atom is -0.508 e. The molecule has 3 nitrogen and oxygen atoms in total. The number of methoxy groups -OCH3 is 1. The standard InChI is InChI=1S/C12H12O2.C2H6O.C2H6/c1-2-3-10(8-9-13)11-4-6-12(14)7-5-11;1-3-2;1-2/h4-7,9-10,14H,8H2,1H3;1-2H3;1-2H3. The summed E-state index contributed by atoms with van der Waals surface area (Å²) in [5, 5.41) is 9.09. The van der Waals surface area contributed by atoms with E-state index in [9.17, 15) is 4.79 Å². The van der Waals surface area contributed by atoms with Crippen LogP contribution in [0.2, 0.25) is 0 Å². The minimum atomic E-state index is -0.0573. The van der Waals surface area contributed by atoms with Gasteiger partial charge in [-0.3, -0.25) is 0 Å². The van der Waals surface area contributed by atoms with Crippen LogP contribution in [-0.4, -0.2) is 25.6 Å². The number of hydrogen-bond acceptors (Lipinski definition) is 3. The Morgan fingerprint density at radius 2 is 1.74 bits per heavy atom. The molecule has 1 aromatic rings. The molecule has 0 saturated carbocycles. The normalized spacial score (nSPS) is 9.53. The highest BCUT2D eigenvalue weighted by molar-refractivity contribution is 5.53. The van der Waals surface area contributed by atoms with Gasteiger partial charge in [-0.15, -0.1) is 5.92 Å². The first-order chi connectivity index (χ1) is 9.19. The van der Waals surface area contributed by atoms with Crippen molar-refractivity contribution in [2.75, 3.05) is 14.2 Å². The molecule has 0 bridgehead atoms. The molecule has 106 valence electrons. The largest absolute Gasteiger partial charge is 0.508 e. The third-order valence-electron chi connectivity index (χ3n) is 1.95. The smallest absolute Gasteiger partial charge is 0.121 e. The fourth-order valence-electron chi connectivity index (χ4n) is 1.26. The maximum absolute atomic E-state index is 10.4. The summed E-state index contributed by atoms with van der Waals surface area (Å²) in [4.78, 5) is 10.4. The Balaban J connectivity index is 0. The van der Waals surface area contributed by atoms with Crippen molar-refractivity contribution in [3.8, 4) is 17.6 Å². The molecule has 1 atom stereocenters. The predicted molar refractivity (Wildman–Crippen MR) is 79.3 cm³/mol. The lowest BCUT2D eigenvalue weighted by Crippen LogP contribution is -1.96. The van der Waals surface area contributed by atoms with Crippen molar-refractivity contribution in [1.82, 2.24) is 0 Å². The topological polar surface area (TPSA) is 46.5 Å². The van der Waals surface area contributed by atoms with E-state index in [1.54, 1.807) is 45.4 Å². The van der Waals surface area contributed by atoms with Gasteiger partial charge in [-0.1, -0.05) is 31.9 Å². The molecule has 0 saturated heterocycles. The van der Waals surface area contributed by atoms with Crippen molar-refractivity contribution in [1.29, 1.82) is 0 Å². The van der Waals surface area contributed by atoms with Gasteiger partial charge < -0.3 is 14.6 Å². The number of phenolic OH excluding ortho intramolecular Hbond substituents is 1. The predicted octanol–water partition coefficient (Wildman–Crippen LogP) is 3.38. The maximum atomic E-state index is 10.4. The van der Waals surface area contributed by atoms with E-state index in [2.05, 4.69) is 16.6 Å². The third kappa shape index (κ3) is 9.87. The molecule has 0 fully saturated rings. The van der Waals surface area contributed by atoms with Crippen LogP contribution in [0.3, 0.4) is 0 Å². The lowest BCUT2D eigenvalue weighted by Gasteiger charge is -2.06. The van der Waals surface area contributed by atoms with Gasteiger partial charge in [0.25, 0.3) is 0 Å². The van der Waals surface area contributed by atoms with Crippen LogP contribution in [-0.2, 0) is 9.53 Å². The second-order valence-electron chi connectivity index (χ2n) is 3.35. The quantitative estimate of drug-likeness (QED) is 0.672. The number of carbonyl (C=O) groups excluding carboxylic acids is 1. The molecule has 0 aliphatic carbocycles. The van der Waals surface area contributed by atoms with Gasteiger partial charge in [0.1, 0.15) is 12.0 Å². The SMILES string of the molecule is CC.CC#CC(CC=O)c1ccc(O)cc1.COC. The Kier molecular flexibility index (Phi) is 14.7. The summed E-state index contributed by atoms with van der Waals surface area (Å²) < 4.78 is 4.25. The van der Waals surface area contributed by atoms with E-state index >= 15 is 0 Å². The van der Waals surface area contributed by atoms with Crippen molar-refractivity contribution in [2.24, 2.45) is 0 Å². The molecule has 1 unspecified atom stereocenters. The molecule has 0 heterocycles. The summed E-state index contributed by atoms with van der Waals surface area (Å²) >= 11 is 0. The zero-order chi connectivity index (χ0) is 15.1. The number of aromatic hydroxyl groups is 1. The van der Waals surface area contributed by atoms with Crippen LogP contribution in [0.25, 0.3) is 0 Å². The number of carbonyl (C=O) groups is 1. The van der Waals surface area contributed by atoms with Crippen LogP contribution >= 0.6 is 0 Å². The van der Waals surface area contributed by atoms with Crippen molar-refractivity contribution < 1.29 is 14.6 Å². The van der Waals surface area contributed by atoms with Crippen LogP contribution in [0.5, 0.6) is 5.75 Å². The first-order valence-electron chi connectivity index (χ1n) is 6.24. The van der Waals surface area contributed by atoms with Gasteiger partial charge in [0.2, 0.25) is 0 Å². The Morgan fingerprint density at radius 1 is 1.26 bits per heavy atom. The van der Waals surface area contributed by atoms with Crippen molar-refractivity contribution >= 4 is 6.29 Å². The molecule has 0 aliphatic rings. The number of phenols is 1. The number of ether oxygens (including phenoxy) is 1. The van der Waals surface area contributed by atoms with Crippen LogP contribution < -0.4 is 0 Å². The molecule has 0 amide bonds. The highest BCUT2D eigenvalue weighted by Gasteiger charge is 2.06. The van der Waals surface area contributed by atoms with E-state index in [4.69, 9.17) is 5.11 Å². The van der Waals surface area contributed by atoms with Crippen LogP contribution in [0.1, 0.15) is 38.7 Å². The lowest BCUT2D eigenvalue weighted by atomic mass is 9.97. The van der Waals surface area contributed by atoms with Gasteiger partial charge in [-0.2, -0.15) is 0 Å². The summed E-state index contributed by atoms with van der Waals surface area (Å²) in [5.74, 6) is 5.92. The summed E-state index contributed by atoms with van der Waals surface area (Å²) in [5.41, 5.74) is 0.962. The molecule has 0 aliphatic heterocycles. The van der Waals surface area contributed by atoms with Crippen LogP contribution in [0, 0.1) is 11.8 Å². The highest BCUT2D eigenvalue weighted by atomic mass is 16.4. The molecular weight excluding hydrogens is 240 g/mol. The number of rotatable bonds is 3. The van der Waals surface area contributed by atoms with Crippen LogP contribution in [0.4, 0.5) is 0 Å². The lowest BCUT2D eigenvalue weighted by molar-refractivity contribution is -0.107. The monoisotopic (exact) mass is 264 g/mol. The summed E-state index contributed by atoms with van der Waals surface area (Å²) in [6.07, 6.45) is 1.26. The van der Waals surface area contributed by atoms with E-state index in [0.29, 0.717) is 6.42 Å². The summed E-state index contributed by atoms with van der Waals surface area (Å²) in [7, 11) is 3.25. The first kappa shape index (κ1) is 19.5. The number of aldehydes is 1. The van der Waals surface area contributed by atoms with Gasteiger partial charge in [-0.25, -0.2) is 0 Å². The Bertz CT molecular complexity index is 371. The Morgan fingerprint density at radius 3 is 2.11 bits per heavy atom. The fraction of sp³-hybridized carbons (Fsp3) is 0.438. The molecule has 19 heavy (non-hydrogen) atoms. The van der Waals surface area contributed by atoms with Gasteiger partial charge in [0.15, 0.2) is 0 Å². The zero-order valence-electron chi connectivity index (χ0n) is 12.4. The molecule has 0 radical (unpaired) electrons. The van der Waals surface area contributed by atoms with E-state index < -0.39 is 0 Å². The molecule has 1 rings (SSSR count). The minimum absolute atomic E-state index is 0.0573. The summed E-state index contributed by atoms with van der Waals surface area (Å²) in [6, 6.07) is 6.77. The maximum Gasteiger partial charge on any atom is 0.121 e. The Hall–Kier alpha value is -1.79. The average Bonchev–Trinajstić information content (AvgIpc) is 2.43. The van der Waals surface area contributed by atoms with E-state index in [0.717, 1.165) is 11.8 Å². The van der Waals surface area contributed by atoms with Gasteiger partial charge in [0.05, 0.1) is 5.92 Å². The van der Waals surface area contributed by atoms with Crippen LogP contribution in [0.15, 0.2) is 24.3 Å². The fourth-order valence-corrected chi connectivity index (χ4v) is 1.26. The first-order valence-corrected chi connectivity index (χ1v) is 6.24. The Labute approximate surface area is 116 Å². The number of hydrogen-bond donors (Lipinski definition) is 1. The third-order valence-corrected chi connectivity index (χ3v) is 1.95. The zero-order valence-corrected chi connectivity index (χ0v) is 12.4. The molecule has 0 spiro atoms. The van der Waals surface area contributed by atoms with Gasteiger partial charge in [0, 0.05) is 20.6 Å². The molecule has 1 N–H and O–H groups in total. The molecular formula is C16H24O3. The van der Waals surface area contributed by atoms with Gasteiger partial charge >= 0.3 is 0 Å². The molecule has 1 aromatic carbocycles. The second-order valence-corrected chi connectivity index (χ2v) is 3.35. The van der Waals surface area contributed by atoms with E-state index in [1.165, 1.54) is 0 Å². The summed E-state index contributed by atoms with van der Waals surface area (Å²) in [6.45, 7) is 5.75. The second kappa shape index (κ2) is 14.3. The number of benzene rings is 1. The average molecular weight is 264 g/mol. The van der Waals surface area contributed by atoms with Crippen molar-refractivity contribution in [3.63, 3.8) is 0 Å². The van der Waals surface area contributed by atoms with Crippen molar-refractivity contribution in [2.45, 2.75) is 33.1 Å². The van der Waals surface area contributed by atoms with Gasteiger partial charge in [-0.05, 0) is 24.6 Å². The van der Waals surface area contributed by atoms with Crippen molar-refractivity contribution in [3.05, 3.63) is 29.8 Å². The van der Waals surface area contributed by atoms with E-state index in [1.807, 2.05) is 13.8 Å². The molecule has 0 aromatic heterocycles. The molecule has 3 heteroatoms.